The first-order chi connectivity index (χ1) is 13.1. The summed E-state index contributed by atoms with van der Waals surface area (Å²) in [7, 11) is 3.16. The number of methoxy groups -OCH3 is 2. The zero-order valence-corrected chi connectivity index (χ0v) is 15.5. The van der Waals surface area contributed by atoms with Crippen LogP contribution in [0.3, 0.4) is 0 Å². The number of amides is 2. The third-order valence-electron chi connectivity index (χ3n) is 5.35. The molecule has 0 radical (unpaired) electrons. The van der Waals surface area contributed by atoms with Gasteiger partial charge in [-0.3, -0.25) is 0 Å². The predicted molar refractivity (Wildman–Crippen MR) is 99.6 cm³/mol. The van der Waals surface area contributed by atoms with Crippen molar-refractivity contribution in [3.8, 4) is 17.2 Å². The molecule has 3 N–H and O–H groups in total. The Morgan fingerprint density at radius 1 is 1.22 bits per heavy atom. The number of hydrogen-bond acceptors (Lipinski definition) is 6. The SMILES string of the molecule is COc1c2c(c(OC)c3occc13)OC1(CCCCC1)C/C2=N\NC(N)=O. The molecule has 1 fully saturated rings. The van der Waals surface area contributed by atoms with Gasteiger partial charge in [-0.25, -0.2) is 10.2 Å². The largest absolute Gasteiger partial charge is 0.495 e. The van der Waals surface area contributed by atoms with Gasteiger partial charge in [0.25, 0.3) is 0 Å². The van der Waals surface area contributed by atoms with Crippen LogP contribution in [0.15, 0.2) is 21.8 Å². The molecule has 144 valence electrons. The van der Waals surface area contributed by atoms with E-state index >= 15 is 0 Å². The van der Waals surface area contributed by atoms with E-state index in [2.05, 4.69) is 10.5 Å². The molecule has 1 spiro atoms. The van der Waals surface area contributed by atoms with Crippen LogP contribution in [0, 0.1) is 0 Å². The van der Waals surface area contributed by atoms with Crippen molar-refractivity contribution in [3.63, 3.8) is 0 Å². The van der Waals surface area contributed by atoms with E-state index in [0.29, 0.717) is 40.5 Å². The maximum absolute atomic E-state index is 11.3. The van der Waals surface area contributed by atoms with E-state index < -0.39 is 6.03 Å². The summed E-state index contributed by atoms with van der Waals surface area (Å²) >= 11 is 0. The van der Waals surface area contributed by atoms with Gasteiger partial charge in [0, 0.05) is 6.42 Å². The standard InChI is InChI=1S/C19H23N3O5/c1-24-14-11-6-9-26-15(11)17(25-2)16-13(14)12(21-22-18(20)23)10-19(27-16)7-4-3-5-8-19/h6,9H,3-5,7-8,10H2,1-2H3,(H3,20,22,23)/b21-12+. The molecule has 1 saturated carbocycles. The number of nitrogens with one attached hydrogen (secondary N) is 1. The fourth-order valence-corrected chi connectivity index (χ4v) is 4.21. The number of ether oxygens (including phenoxy) is 3. The number of nitrogens with zero attached hydrogens (tertiary/aromatic N) is 1. The van der Waals surface area contributed by atoms with E-state index in [9.17, 15) is 4.79 Å². The molecule has 4 rings (SSSR count). The van der Waals surface area contributed by atoms with Crippen LogP contribution in [-0.4, -0.2) is 31.6 Å². The normalized spacial score (nSPS) is 19.6. The summed E-state index contributed by atoms with van der Waals surface area (Å²) in [5.41, 5.74) is 9.10. The minimum Gasteiger partial charge on any atom is -0.495 e. The zero-order valence-electron chi connectivity index (χ0n) is 15.5. The molecule has 2 heterocycles. The first-order valence-electron chi connectivity index (χ1n) is 9.05. The molecule has 1 aliphatic heterocycles. The fourth-order valence-electron chi connectivity index (χ4n) is 4.21. The Balaban J connectivity index is 1.97. The molecular weight excluding hydrogens is 350 g/mol. The van der Waals surface area contributed by atoms with E-state index in [4.69, 9.17) is 24.4 Å². The Morgan fingerprint density at radius 3 is 2.63 bits per heavy atom. The summed E-state index contributed by atoms with van der Waals surface area (Å²) in [6.07, 6.45) is 7.29. The van der Waals surface area contributed by atoms with Crippen molar-refractivity contribution in [1.82, 2.24) is 5.43 Å². The van der Waals surface area contributed by atoms with Gasteiger partial charge >= 0.3 is 6.03 Å². The number of furan rings is 1. The van der Waals surface area contributed by atoms with Crippen molar-refractivity contribution >= 4 is 22.7 Å². The van der Waals surface area contributed by atoms with E-state index in [-0.39, 0.29) is 5.60 Å². The van der Waals surface area contributed by atoms with Crippen molar-refractivity contribution in [3.05, 3.63) is 17.9 Å². The maximum Gasteiger partial charge on any atom is 0.332 e. The lowest BCUT2D eigenvalue weighted by Gasteiger charge is -2.42. The molecule has 0 unspecified atom stereocenters. The number of nitrogens with two attached hydrogens (primary N) is 1. The first kappa shape index (κ1) is 17.5. The quantitative estimate of drug-likeness (QED) is 0.803. The summed E-state index contributed by atoms with van der Waals surface area (Å²) in [5.74, 6) is 1.61. The Bertz CT molecular complexity index is 912. The molecule has 0 bridgehead atoms. The van der Waals surface area contributed by atoms with E-state index in [1.54, 1.807) is 26.5 Å². The smallest absolute Gasteiger partial charge is 0.332 e. The number of carbonyl (C=O) groups is 1. The minimum absolute atomic E-state index is 0.387. The fraction of sp³-hybridized carbons (Fsp3) is 0.474. The lowest BCUT2D eigenvalue weighted by molar-refractivity contribution is 0.0293. The van der Waals surface area contributed by atoms with Crippen LogP contribution in [0.5, 0.6) is 17.2 Å². The van der Waals surface area contributed by atoms with Gasteiger partial charge in [0.1, 0.15) is 11.4 Å². The lowest BCUT2D eigenvalue weighted by Crippen LogP contribution is -2.44. The summed E-state index contributed by atoms with van der Waals surface area (Å²) < 4.78 is 23.5. The Labute approximate surface area is 156 Å². The number of fused-ring (bicyclic) bond motifs is 2. The molecule has 2 aliphatic rings. The molecular formula is C19H23N3O5. The van der Waals surface area contributed by atoms with Gasteiger partial charge in [-0.05, 0) is 31.7 Å². The second-order valence-electron chi connectivity index (χ2n) is 6.99. The second-order valence-corrected chi connectivity index (χ2v) is 6.99. The van der Waals surface area contributed by atoms with Gasteiger partial charge in [0.05, 0.1) is 37.1 Å². The molecule has 1 aliphatic carbocycles. The highest BCUT2D eigenvalue weighted by Gasteiger charge is 2.44. The highest BCUT2D eigenvalue weighted by atomic mass is 16.5. The van der Waals surface area contributed by atoms with Crippen LogP contribution < -0.4 is 25.4 Å². The topological polar surface area (TPSA) is 108 Å². The van der Waals surface area contributed by atoms with Crippen molar-refractivity contribution < 1.29 is 23.4 Å². The van der Waals surface area contributed by atoms with Crippen molar-refractivity contribution in [1.29, 1.82) is 0 Å². The molecule has 8 nitrogen and oxygen atoms in total. The Morgan fingerprint density at radius 2 is 1.96 bits per heavy atom. The van der Waals surface area contributed by atoms with Crippen molar-refractivity contribution in [2.75, 3.05) is 14.2 Å². The maximum atomic E-state index is 11.3. The van der Waals surface area contributed by atoms with E-state index in [0.717, 1.165) is 31.1 Å². The summed E-state index contributed by atoms with van der Waals surface area (Å²) in [6.45, 7) is 0. The molecule has 27 heavy (non-hydrogen) atoms. The molecule has 2 aromatic rings. The Kier molecular flexibility index (Phi) is 4.33. The summed E-state index contributed by atoms with van der Waals surface area (Å²) in [6, 6.07) is 1.09. The number of hydrogen-bond donors (Lipinski definition) is 2. The minimum atomic E-state index is -0.719. The van der Waals surface area contributed by atoms with Gasteiger partial charge < -0.3 is 24.4 Å². The first-order valence-corrected chi connectivity index (χ1v) is 9.05. The van der Waals surface area contributed by atoms with E-state index in [1.165, 1.54) is 6.42 Å². The van der Waals surface area contributed by atoms with Crippen molar-refractivity contribution in [2.24, 2.45) is 10.8 Å². The van der Waals surface area contributed by atoms with E-state index in [1.807, 2.05) is 0 Å². The average molecular weight is 373 g/mol. The van der Waals surface area contributed by atoms with Crippen LogP contribution >= 0.6 is 0 Å². The lowest BCUT2D eigenvalue weighted by atomic mass is 9.77. The molecule has 0 atom stereocenters. The van der Waals surface area contributed by atoms with Gasteiger partial charge in [-0.2, -0.15) is 5.10 Å². The number of benzene rings is 1. The number of hydrazone groups is 1. The van der Waals surface area contributed by atoms with Gasteiger partial charge in [-0.15, -0.1) is 0 Å². The van der Waals surface area contributed by atoms with Crippen molar-refractivity contribution in [2.45, 2.75) is 44.1 Å². The van der Waals surface area contributed by atoms with Gasteiger partial charge in [0.15, 0.2) is 11.3 Å². The second kappa shape index (κ2) is 6.68. The number of primary amides is 1. The zero-order chi connectivity index (χ0) is 19.0. The monoisotopic (exact) mass is 373 g/mol. The number of urea groups is 1. The van der Waals surface area contributed by atoms with Crippen LogP contribution in [0.2, 0.25) is 0 Å². The third-order valence-corrected chi connectivity index (χ3v) is 5.35. The highest BCUT2D eigenvalue weighted by molar-refractivity contribution is 6.13. The van der Waals surface area contributed by atoms with Crippen LogP contribution in [-0.2, 0) is 0 Å². The highest BCUT2D eigenvalue weighted by Crippen LogP contribution is 2.53. The van der Waals surface area contributed by atoms with Gasteiger partial charge in [0.2, 0.25) is 5.75 Å². The summed E-state index contributed by atoms with van der Waals surface area (Å²) in [5, 5.41) is 5.05. The van der Waals surface area contributed by atoms with Crippen LogP contribution in [0.25, 0.3) is 11.0 Å². The van der Waals surface area contributed by atoms with Crippen LogP contribution in [0.4, 0.5) is 4.79 Å². The Hall–Kier alpha value is -2.90. The number of rotatable bonds is 3. The molecule has 1 aromatic heterocycles. The third kappa shape index (κ3) is 2.85. The predicted octanol–water partition coefficient (Wildman–Crippen LogP) is 3.31. The molecule has 1 aromatic carbocycles. The average Bonchev–Trinajstić information content (AvgIpc) is 3.14. The molecule has 8 heteroatoms. The number of carbonyl (C=O) groups excluding carboxylic acids is 1. The molecule has 0 saturated heterocycles. The summed E-state index contributed by atoms with van der Waals surface area (Å²) in [4.78, 5) is 11.3. The van der Waals surface area contributed by atoms with Crippen LogP contribution in [0.1, 0.15) is 44.1 Å². The van der Waals surface area contributed by atoms with Gasteiger partial charge in [-0.1, -0.05) is 6.42 Å². The molecule has 2 amide bonds.